The molecule has 3 rings (SSSR count). The van der Waals surface area contributed by atoms with Crippen molar-refractivity contribution in [1.82, 2.24) is 10.3 Å². The molecule has 1 N–H and O–H groups in total. The summed E-state index contributed by atoms with van der Waals surface area (Å²) in [6, 6.07) is 4.52. The second kappa shape index (κ2) is 5.67. The molecule has 2 aliphatic rings. The number of anilines is 1. The van der Waals surface area contributed by atoms with Crippen molar-refractivity contribution in [2.24, 2.45) is 0 Å². The average molecular weight is 297 g/mol. The first kappa shape index (κ1) is 14.4. The third-order valence-corrected chi connectivity index (χ3v) is 3.88. The Morgan fingerprint density at radius 3 is 2.62 bits per heavy atom. The van der Waals surface area contributed by atoms with Crippen molar-refractivity contribution < 1.29 is 13.2 Å². The van der Waals surface area contributed by atoms with Crippen LogP contribution in [0.1, 0.15) is 24.8 Å². The Balaban J connectivity index is 1.58. The molecule has 0 atom stereocenters. The summed E-state index contributed by atoms with van der Waals surface area (Å²) in [4.78, 5) is 6.23. The van der Waals surface area contributed by atoms with Crippen LogP contribution in [0.25, 0.3) is 0 Å². The summed E-state index contributed by atoms with van der Waals surface area (Å²) in [6.45, 7) is 1.43. The van der Waals surface area contributed by atoms with E-state index in [1.165, 1.54) is 18.9 Å². The van der Waals surface area contributed by atoms with Crippen LogP contribution in [-0.2, 0) is 6.54 Å². The van der Waals surface area contributed by atoms with Crippen molar-refractivity contribution in [3.8, 4) is 0 Å². The number of pyridine rings is 1. The van der Waals surface area contributed by atoms with Crippen LogP contribution in [0.3, 0.4) is 0 Å². The Kier molecular flexibility index (Phi) is 3.89. The molecule has 1 aromatic heterocycles. The van der Waals surface area contributed by atoms with Gasteiger partial charge >= 0.3 is 6.18 Å². The summed E-state index contributed by atoms with van der Waals surface area (Å²) in [5.74, 6) is 0.739. The minimum absolute atomic E-state index is 0.0240. The zero-order valence-corrected chi connectivity index (χ0v) is 11.7. The predicted octanol–water partition coefficient (Wildman–Crippen LogP) is 3.03. The van der Waals surface area contributed by atoms with E-state index >= 15 is 0 Å². The molecular weight excluding hydrogens is 279 g/mol. The standard InChI is InChI=1S/C15H18F3N3/c16-15(17,18)12-5-7-21(8-6-12)14-4-1-11(10-20-14)9-19-13-2-3-13/h1,4-5,10,13,19H,2-3,6-9H2. The van der Waals surface area contributed by atoms with Gasteiger partial charge in [-0.05, 0) is 30.9 Å². The van der Waals surface area contributed by atoms with Crippen LogP contribution in [0.4, 0.5) is 19.0 Å². The van der Waals surface area contributed by atoms with Crippen molar-refractivity contribution in [2.45, 2.75) is 38.0 Å². The molecule has 1 aliphatic carbocycles. The van der Waals surface area contributed by atoms with Crippen LogP contribution in [0.5, 0.6) is 0 Å². The van der Waals surface area contributed by atoms with Gasteiger partial charge in [0.15, 0.2) is 0 Å². The third kappa shape index (κ3) is 3.75. The highest BCUT2D eigenvalue weighted by atomic mass is 19.4. The highest BCUT2D eigenvalue weighted by molar-refractivity contribution is 5.42. The van der Waals surface area contributed by atoms with E-state index in [4.69, 9.17) is 0 Å². The van der Waals surface area contributed by atoms with Gasteiger partial charge in [-0.15, -0.1) is 0 Å². The van der Waals surface area contributed by atoms with E-state index in [1.54, 1.807) is 6.20 Å². The lowest BCUT2D eigenvalue weighted by Crippen LogP contribution is -2.32. The number of aromatic nitrogens is 1. The summed E-state index contributed by atoms with van der Waals surface area (Å²) in [5.41, 5.74) is 0.679. The minimum Gasteiger partial charge on any atom is -0.353 e. The largest absolute Gasteiger partial charge is 0.412 e. The fourth-order valence-corrected chi connectivity index (χ4v) is 2.39. The monoisotopic (exact) mass is 297 g/mol. The topological polar surface area (TPSA) is 28.2 Å². The van der Waals surface area contributed by atoms with Crippen LogP contribution in [0.15, 0.2) is 30.0 Å². The van der Waals surface area contributed by atoms with Crippen molar-refractivity contribution >= 4 is 5.82 Å². The second-order valence-corrected chi connectivity index (χ2v) is 5.60. The molecule has 1 aromatic rings. The third-order valence-electron chi connectivity index (χ3n) is 3.88. The molecule has 1 fully saturated rings. The van der Waals surface area contributed by atoms with Crippen LogP contribution in [0, 0.1) is 0 Å². The molecule has 21 heavy (non-hydrogen) atoms. The normalized spacial score (nSPS) is 19.6. The molecule has 114 valence electrons. The molecule has 6 heteroatoms. The Morgan fingerprint density at radius 1 is 1.29 bits per heavy atom. The number of alkyl halides is 3. The van der Waals surface area contributed by atoms with Gasteiger partial charge in [0.1, 0.15) is 5.82 Å². The summed E-state index contributed by atoms with van der Waals surface area (Å²) in [7, 11) is 0. The maximum absolute atomic E-state index is 12.6. The molecule has 1 saturated carbocycles. The molecule has 0 saturated heterocycles. The van der Waals surface area contributed by atoms with Crippen LogP contribution in [0.2, 0.25) is 0 Å². The molecule has 0 bridgehead atoms. The first-order valence-electron chi connectivity index (χ1n) is 7.22. The first-order chi connectivity index (χ1) is 10.0. The molecule has 0 spiro atoms. The first-order valence-corrected chi connectivity index (χ1v) is 7.22. The quantitative estimate of drug-likeness (QED) is 0.866. The van der Waals surface area contributed by atoms with Gasteiger partial charge in [0, 0.05) is 37.4 Å². The number of nitrogens with zero attached hydrogens (tertiary/aromatic N) is 2. The van der Waals surface area contributed by atoms with E-state index in [0.717, 1.165) is 17.9 Å². The van der Waals surface area contributed by atoms with E-state index in [9.17, 15) is 13.2 Å². The fourth-order valence-electron chi connectivity index (χ4n) is 2.39. The number of hydrogen-bond donors (Lipinski definition) is 1. The molecule has 2 heterocycles. The van der Waals surface area contributed by atoms with Gasteiger partial charge in [-0.3, -0.25) is 0 Å². The van der Waals surface area contributed by atoms with Crippen molar-refractivity contribution in [3.63, 3.8) is 0 Å². The van der Waals surface area contributed by atoms with Gasteiger partial charge in [-0.2, -0.15) is 13.2 Å². The molecule has 0 aromatic carbocycles. The SMILES string of the molecule is FC(F)(F)C1=CCN(c2ccc(CNC3CC3)cn2)CC1. The van der Waals surface area contributed by atoms with Crippen LogP contribution < -0.4 is 10.2 Å². The maximum Gasteiger partial charge on any atom is 0.412 e. The van der Waals surface area contributed by atoms with Crippen LogP contribution in [-0.4, -0.2) is 30.3 Å². The van der Waals surface area contributed by atoms with E-state index < -0.39 is 11.7 Å². The van der Waals surface area contributed by atoms with Crippen molar-refractivity contribution in [1.29, 1.82) is 0 Å². The van der Waals surface area contributed by atoms with Crippen molar-refractivity contribution in [3.05, 3.63) is 35.5 Å². The zero-order valence-electron chi connectivity index (χ0n) is 11.7. The van der Waals surface area contributed by atoms with Gasteiger partial charge in [0.2, 0.25) is 0 Å². The Labute approximate surface area is 121 Å². The minimum atomic E-state index is -4.20. The predicted molar refractivity (Wildman–Crippen MR) is 75.1 cm³/mol. The summed E-state index contributed by atoms with van der Waals surface area (Å²) < 4.78 is 37.7. The van der Waals surface area contributed by atoms with Gasteiger partial charge in [-0.25, -0.2) is 4.98 Å². The molecule has 3 nitrogen and oxygen atoms in total. The van der Waals surface area contributed by atoms with Gasteiger partial charge in [-0.1, -0.05) is 12.1 Å². The molecular formula is C15H18F3N3. The zero-order chi connectivity index (χ0) is 14.9. The van der Waals surface area contributed by atoms with E-state index in [2.05, 4.69) is 10.3 Å². The summed E-state index contributed by atoms with van der Waals surface area (Å²) in [5, 5.41) is 3.41. The van der Waals surface area contributed by atoms with Crippen molar-refractivity contribution in [2.75, 3.05) is 18.0 Å². The number of halogens is 3. The fraction of sp³-hybridized carbons (Fsp3) is 0.533. The molecule has 0 radical (unpaired) electrons. The Morgan fingerprint density at radius 2 is 2.10 bits per heavy atom. The number of hydrogen-bond acceptors (Lipinski definition) is 3. The maximum atomic E-state index is 12.6. The van der Waals surface area contributed by atoms with Gasteiger partial charge < -0.3 is 10.2 Å². The van der Waals surface area contributed by atoms with Crippen LogP contribution >= 0.6 is 0 Å². The lowest BCUT2D eigenvalue weighted by Gasteiger charge is -2.28. The molecule has 0 amide bonds. The molecule has 0 unspecified atom stereocenters. The lowest BCUT2D eigenvalue weighted by atomic mass is 10.1. The van der Waals surface area contributed by atoms with Gasteiger partial charge in [0.05, 0.1) is 0 Å². The Bertz CT molecular complexity index is 518. The summed E-state index contributed by atoms with van der Waals surface area (Å²) >= 11 is 0. The Hall–Kier alpha value is -1.56. The van der Waals surface area contributed by atoms with Gasteiger partial charge in [0.25, 0.3) is 0 Å². The second-order valence-electron chi connectivity index (χ2n) is 5.60. The van der Waals surface area contributed by atoms with E-state index in [1.807, 2.05) is 17.0 Å². The number of rotatable bonds is 4. The van der Waals surface area contributed by atoms with E-state index in [0.29, 0.717) is 12.6 Å². The lowest BCUT2D eigenvalue weighted by molar-refractivity contribution is -0.0944. The molecule has 1 aliphatic heterocycles. The smallest absolute Gasteiger partial charge is 0.353 e. The van der Waals surface area contributed by atoms with E-state index in [-0.39, 0.29) is 13.0 Å². The highest BCUT2D eigenvalue weighted by Gasteiger charge is 2.34. The summed E-state index contributed by atoms with van der Waals surface area (Å²) in [6.07, 6.45) is 1.37. The number of nitrogens with one attached hydrogen (secondary N) is 1. The highest BCUT2D eigenvalue weighted by Crippen LogP contribution is 2.31. The average Bonchev–Trinajstić information content (AvgIpc) is 3.29.